The molecule has 1 saturated carbocycles. The van der Waals surface area contributed by atoms with Crippen LogP contribution < -0.4 is 5.32 Å². The molecule has 27 heavy (non-hydrogen) atoms. The molecule has 1 N–H and O–H groups in total. The van der Waals surface area contributed by atoms with Crippen LogP contribution in [0.2, 0.25) is 0 Å². The van der Waals surface area contributed by atoms with Crippen molar-refractivity contribution < 1.29 is 19.1 Å². The largest absolute Gasteiger partial charge is 0.453 e. The van der Waals surface area contributed by atoms with Crippen LogP contribution in [0, 0.1) is 10.8 Å². The second-order valence-corrected chi connectivity index (χ2v) is 8.68. The molecule has 0 aromatic heterocycles. The van der Waals surface area contributed by atoms with Gasteiger partial charge in [-0.25, -0.2) is 4.79 Å². The van der Waals surface area contributed by atoms with Crippen molar-refractivity contribution in [1.82, 2.24) is 10.2 Å². The monoisotopic (exact) mass is 372 g/mol. The summed E-state index contributed by atoms with van der Waals surface area (Å²) in [5.74, 6) is -0.400. The topological polar surface area (TPSA) is 75.7 Å². The number of carbonyl (C=O) groups is 3. The van der Waals surface area contributed by atoms with E-state index >= 15 is 0 Å². The van der Waals surface area contributed by atoms with E-state index in [1.165, 1.54) is 12.0 Å². The molecular weight excluding hydrogens is 344 g/mol. The number of imide groups is 1. The highest BCUT2D eigenvalue weighted by Gasteiger charge is 2.49. The first kappa shape index (κ1) is 19.4. The van der Waals surface area contributed by atoms with Gasteiger partial charge in [0.1, 0.15) is 0 Å². The first-order valence-corrected chi connectivity index (χ1v) is 9.48. The Hall–Kier alpha value is -2.37. The molecule has 0 bridgehead atoms. The molecule has 3 amide bonds. The van der Waals surface area contributed by atoms with Crippen molar-refractivity contribution in [3.63, 3.8) is 0 Å². The van der Waals surface area contributed by atoms with E-state index in [0.29, 0.717) is 17.7 Å². The summed E-state index contributed by atoms with van der Waals surface area (Å²) in [6.07, 6.45) is 2.85. The maximum Gasteiger partial charge on any atom is 0.407 e. The van der Waals surface area contributed by atoms with Crippen LogP contribution in [0.25, 0.3) is 0 Å². The van der Waals surface area contributed by atoms with Gasteiger partial charge in [-0.3, -0.25) is 14.5 Å². The molecule has 1 heterocycles. The van der Waals surface area contributed by atoms with Crippen LogP contribution in [0.4, 0.5) is 4.79 Å². The van der Waals surface area contributed by atoms with Crippen LogP contribution in [-0.4, -0.2) is 42.5 Å². The number of methoxy groups -OCH3 is 1. The highest BCUT2D eigenvalue weighted by atomic mass is 16.5. The van der Waals surface area contributed by atoms with Crippen LogP contribution in [-0.2, 0) is 4.74 Å². The van der Waals surface area contributed by atoms with Crippen molar-refractivity contribution in [3.05, 3.63) is 35.4 Å². The third-order valence-corrected chi connectivity index (χ3v) is 6.38. The van der Waals surface area contributed by atoms with Gasteiger partial charge in [0.05, 0.1) is 18.2 Å². The molecule has 1 aromatic carbocycles. The van der Waals surface area contributed by atoms with Crippen LogP contribution in [0.3, 0.4) is 0 Å². The van der Waals surface area contributed by atoms with E-state index in [9.17, 15) is 14.4 Å². The lowest BCUT2D eigenvalue weighted by Crippen LogP contribution is -2.52. The Kier molecular flexibility index (Phi) is 5.02. The second-order valence-electron chi connectivity index (χ2n) is 8.68. The third kappa shape index (κ3) is 3.45. The molecule has 0 radical (unpaired) electrons. The van der Waals surface area contributed by atoms with E-state index in [1.54, 1.807) is 24.3 Å². The van der Waals surface area contributed by atoms with Crippen molar-refractivity contribution >= 4 is 17.9 Å². The number of rotatable bonds is 3. The van der Waals surface area contributed by atoms with E-state index < -0.39 is 6.09 Å². The van der Waals surface area contributed by atoms with Gasteiger partial charge in [-0.2, -0.15) is 0 Å². The Labute approximate surface area is 160 Å². The molecule has 6 heteroatoms. The molecule has 0 atom stereocenters. The predicted octanol–water partition coefficient (Wildman–Crippen LogP) is 3.61. The first-order chi connectivity index (χ1) is 12.7. The minimum Gasteiger partial charge on any atom is -0.453 e. The Morgan fingerprint density at radius 2 is 1.67 bits per heavy atom. The number of hydrogen-bond donors (Lipinski definition) is 1. The fraction of sp³-hybridized carbons (Fsp3) is 0.571. The minimum atomic E-state index is -0.413. The Morgan fingerprint density at radius 3 is 2.11 bits per heavy atom. The summed E-state index contributed by atoms with van der Waals surface area (Å²) < 4.78 is 4.70. The van der Waals surface area contributed by atoms with E-state index in [4.69, 9.17) is 4.74 Å². The summed E-state index contributed by atoms with van der Waals surface area (Å²) in [7, 11) is 1.36. The van der Waals surface area contributed by atoms with Crippen LogP contribution in [0.15, 0.2) is 24.3 Å². The molecule has 3 rings (SSSR count). The molecule has 0 spiro atoms. The number of carbonyl (C=O) groups excluding carboxylic acids is 3. The van der Waals surface area contributed by atoms with Crippen LogP contribution in [0.1, 0.15) is 67.2 Å². The smallest absolute Gasteiger partial charge is 0.407 e. The van der Waals surface area contributed by atoms with Crippen molar-refractivity contribution in [2.24, 2.45) is 10.8 Å². The van der Waals surface area contributed by atoms with Gasteiger partial charge in [-0.1, -0.05) is 32.9 Å². The SMILES string of the molecule is COC(=O)NC1CCC(CN2C(=O)c3ccccc3C2=O)(C(C)(C)C)CC1. The standard InChI is InChI=1S/C21H28N2O4/c1-20(2,3)21(11-9-14(10-12-21)22-19(26)27-4)13-23-17(24)15-7-5-6-8-16(15)18(23)25/h5-8,14H,9-13H2,1-4H3,(H,22,26). The lowest BCUT2D eigenvalue weighted by molar-refractivity contribution is 0.000579. The number of nitrogens with one attached hydrogen (secondary N) is 1. The average Bonchev–Trinajstić information content (AvgIpc) is 2.87. The van der Waals surface area contributed by atoms with E-state index in [0.717, 1.165) is 25.7 Å². The third-order valence-electron chi connectivity index (χ3n) is 6.38. The van der Waals surface area contributed by atoms with Gasteiger partial charge in [0.2, 0.25) is 0 Å². The number of hydrogen-bond acceptors (Lipinski definition) is 4. The maximum atomic E-state index is 12.8. The zero-order valence-corrected chi connectivity index (χ0v) is 16.5. The lowest BCUT2D eigenvalue weighted by atomic mass is 9.58. The zero-order chi connectivity index (χ0) is 19.8. The molecule has 0 saturated heterocycles. The highest BCUT2D eigenvalue weighted by molar-refractivity contribution is 6.21. The number of benzene rings is 1. The summed E-state index contributed by atoms with van der Waals surface area (Å²) in [6, 6.07) is 7.08. The van der Waals surface area contributed by atoms with E-state index in [-0.39, 0.29) is 28.7 Å². The normalized spacial score (nSPS) is 25.3. The molecule has 6 nitrogen and oxygen atoms in total. The van der Waals surface area contributed by atoms with Gasteiger partial charge >= 0.3 is 6.09 Å². The van der Waals surface area contributed by atoms with Gasteiger partial charge in [-0.15, -0.1) is 0 Å². The predicted molar refractivity (Wildman–Crippen MR) is 101 cm³/mol. The molecule has 146 valence electrons. The number of alkyl carbamates (subject to hydrolysis) is 1. The number of nitrogens with zero attached hydrogens (tertiary/aromatic N) is 1. The molecular formula is C21H28N2O4. The van der Waals surface area contributed by atoms with Crippen molar-refractivity contribution in [2.75, 3.05) is 13.7 Å². The van der Waals surface area contributed by atoms with Gasteiger partial charge in [-0.05, 0) is 48.6 Å². The fourth-order valence-corrected chi connectivity index (χ4v) is 4.37. The van der Waals surface area contributed by atoms with Crippen LogP contribution >= 0.6 is 0 Å². The molecule has 1 aliphatic heterocycles. The summed E-state index contributed by atoms with van der Waals surface area (Å²) >= 11 is 0. The van der Waals surface area contributed by atoms with E-state index in [2.05, 4.69) is 26.1 Å². The zero-order valence-electron chi connectivity index (χ0n) is 16.5. The molecule has 1 aromatic rings. The minimum absolute atomic E-state index is 0.0649. The summed E-state index contributed by atoms with van der Waals surface area (Å²) in [4.78, 5) is 38.6. The second kappa shape index (κ2) is 6.98. The van der Waals surface area contributed by atoms with Crippen molar-refractivity contribution in [2.45, 2.75) is 52.5 Å². The van der Waals surface area contributed by atoms with Crippen molar-refractivity contribution in [3.8, 4) is 0 Å². The maximum absolute atomic E-state index is 12.8. The fourth-order valence-electron chi connectivity index (χ4n) is 4.37. The molecule has 2 aliphatic rings. The molecule has 1 aliphatic carbocycles. The Morgan fingerprint density at radius 1 is 1.15 bits per heavy atom. The lowest BCUT2D eigenvalue weighted by Gasteiger charge is -2.50. The number of amides is 3. The van der Waals surface area contributed by atoms with Gasteiger partial charge in [0.15, 0.2) is 0 Å². The Balaban J connectivity index is 1.79. The van der Waals surface area contributed by atoms with Crippen LogP contribution in [0.5, 0.6) is 0 Å². The average molecular weight is 372 g/mol. The highest BCUT2D eigenvalue weighted by Crippen LogP contribution is 2.50. The number of ether oxygens (including phenoxy) is 1. The summed E-state index contributed by atoms with van der Waals surface area (Å²) in [6.45, 7) is 6.91. The van der Waals surface area contributed by atoms with Gasteiger partial charge in [0, 0.05) is 12.6 Å². The summed E-state index contributed by atoms with van der Waals surface area (Å²) in [5, 5.41) is 2.87. The summed E-state index contributed by atoms with van der Waals surface area (Å²) in [5.41, 5.74) is 0.716. The first-order valence-electron chi connectivity index (χ1n) is 9.48. The van der Waals surface area contributed by atoms with Crippen molar-refractivity contribution in [1.29, 1.82) is 0 Å². The molecule has 1 fully saturated rings. The molecule has 0 unspecified atom stereocenters. The van der Waals surface area contributed by atoms with Gasteiger partial charge < -0.3 is 10.1 Å². The number of fused-ring (bicyclic) bond motifs is 1. The quantitative estimate of drug-likeness (QED) is 0.823. The van der Waals surface area contributed by atoms with E-state index in [1.807, 2.05) is 0 Å². The Bertz CT molecular complexity index is 723. The van der Waals surface area contributed by atoms with Gasteiger partial charge in [0.25, 0.3) is 11.8 Å².